The molecular formula is C19H20N2O2S2. The number of carbonyl (C=O) groups is 1. The molecule has 6 heteroatoms. The Morgan fingerprint density at radius 1 is 1.24 bits per heavy atom. The molecule has 1 amide bonds. The molecule has 0 unspecified atom stereocenters. The summed E-state index contributed by atoms with van der Waals surface area (Å²) in [6.45, 7) is 2.64. The van der Waals surface area contributed by atoms with Crippen LogP contribution < -0.4 is 10.1 Å². The number of para-hydroxylation sites is 1. The molecule has 0 spiro atoms. The Labute approximate surface area is 155 Å². The van der Waals surface area contributed by atoms with Crippen LogP contribution in [0.5, 0.6) is 5.75 Å². The highest BCUT2D eigenvalue weighted by molar-refractivity contribution is 7.16. The standard InChI is InChI=1S/C19H20N2O2S2/c1-13-21-16(12-24-13)18-8-7-15(25-18)9-10-20-19(22)11-14-5-3-4-6-17(14)23-2/h3-8,12H,9-11H2,1-2H3,(H,20,22). The summed E-state index contributed by atoms with van der Waals surface area (Å²) in [4.78, 5) is 19.1. The van der Waals surface area contributed by atoms with Gasteiger partial charge < -0.3 is 10.1 Å². The van der Waals surface area contributed by atoms with Crippen molar-refractivity contribution in [2.45, 2.75) is 19.8 Å². The molecule has 3 rings (SSSR count). The van der Waals surface area contributed by atoms with E-state index >= 15 is 0 Å². The second-order valence-electron chi connectivity index (χ2n) is 5.61. The number of thiophene rings is 1. The molecule has 3 aromatic rings. The molecule has 0 saturated carbocycles. The Kier molecular flexibility index (Phi) is 5.83. The lowest BCUT2D eigenvalue weighted by Crippen LogP contribution is -2.27. The SMILES string of the molecule is COc1ccccc1CC(=O)NCCc1ccc(-c2csc(C)n2)s1. The minimum atomic E-state index is 0.0106. The third-order valence-corrected chi connectivity index (χ3v) is 5.71. The molecule has 1 aromatic carbocycles. The molecule has 0 aliphatic rings. The second-order valence-corrected chi connectivity index (χ2v) is 7.84. The average molecular weight is 373 g/mol. The van der Waals surface area contributed by atoms with E-state index in [0.29, 0.717) is 13.0 Å². The number of amides is 1. The predicted octanol–water partition coefficient (Wildman–Crippen LogP) is 4.09. The van der Waals surface area contributed by atoms with Gasteiger partial charge in [-0.15, -0.1) is 22.7 Å². The summed E-state index contributed by atoms with van der Waals surface area (Å²) in [5.74, 6) is 0.760. The molecule has 2 aromatic heterocycles. The van der Waals surface area contributed by atoms with Crippen molar-refractivity contribution in [2.24, 2.45) is 0 Å². The molecule has 25 heavy (non-hydrogen) atoms. The fourth-order valence-electron chi connectivity index (χ4n) is 2.54. The van der Waals surface area contributed by atoms with Crippen molar-refractivity contribution in [1.82, 2.24) is 10.3 Å². The van der Waals surface area contributed by atoms with E-state index in [4.69, 9.17) is 4.74 Å². The van der Waals surface area contributed by atoms with Crippen LogP contribution in [-0.4, -0.2) is 24.5 Å². The topological polar surface area (TPSA) is 51.2 Å². The maximum absolute atomic E-state index is 12.1. The summed E-state index contributed by atoms with van der Waals surface area (Å²) in [7, 11) is 1.62. The summed E-state index contributed by atoms with van der Waals surface area (Å²) in [6.07, 6.45) is 1.16. The Balaban J connectivity index is 1.49. The van der Waals surface area contributed by atoms with E-state index in [9.17, 15) is 4.79 Å². The van der Waals surface area contributed by atoms with Crippen LogP contribution in [0.15, 0.2) is 41.8 Å². The molecule has 0 fully saturated rings. The van der Waals surface area contributed by atoms with Crippen LogP contribution in [0.3, 0.4) is 0 Å². The van der Waals surface area contributed by atoms with Gasteiger partial charge in [0.25, 0.3) is 0 Å². The van der Waals surface area contributed by atoms with E-state index in [1.807, 2.05) is 31.2 Å². The number of carbonyl (C=O) groups excluding carboxylic acids is 1. The summed E-state index contributed by atoms with van der Waals surface area (Å²) >= 11 is 3.40. The van der Waals surface area contributed by atoms with Crippen molar-refractivity contribution in [1.29, 1.82) is 0 Å². The first kappa shape index (κ1) is 17.6. The smallest absolute Gasteiger partial charge is 0.224 e. The van der Waals surface area contributed by atoms with E-state index < -0.39 is 0 Å². The second kappa shape index (κ2) is 8.27. The van der Waals surface area contributed by atoms with Crippen molar-refractivity contribution >= 4 is 28.6 Å². The molecule has 4 nitrogen and oxygen atoms in total. The third kappa shape index (κ3) is 4.67. The fraction of sp³-hybridized carbons (Fsp3) is 0.263. The number of nitrogens with zero attached hydrogens (tertiary/aromatic N) is 1. The average Bonchev–Trinajstić information content (AvgIpc) is 3.24. The quantitative estimate of drug-likeness (QED) is 0.680. The Bertz CT molecular complexity index is 854. The number of nitrogens with one attached hydrogen (secondary N) is 1. The first-order valence-corrected chi connectivity index (χ1v) is 9.75. The highest BCUT2D eigenvalue weighted by atomic mass is 32.1. The summed E-state index contributed by atoms with van der Waals surface area (Å²) in [5, 5.41) is 6.14. The van der Waals surface area contributed by atoms with Gasteiger partial charge in [0, 0.05) is 22.4 Å². The normalized spacial score (nSPS) is 10.6. The van der Waals surface area contributed by atoms with Gasteiger partial charge in [-0.25, -0.2) is 4.98 Å². The number of hydrogen-bond acceptors (Lipinski definition) is 5. The summed E-state index contributed by atoms with van der Waals surface area (Å²) in [6, 6.07) is 11.8. The van der Waals surface area contributed by atoms with Crippen LogP contribution in [0.1, 0.15) is 15.4 Å². The number of rotatable bonds is 7. The van der Waals surface area contributed by atoms with Crippen LogP contribution in [0.4, 0.5) is 0 Å². The Morgan fingerprint density at radius 3 is 2.84 bits per heavy atom. The van der Waals surface area contributed by atoms with Crippen LogP contribution in [0, 0.1) is 6.92 Å². The van der Waals surface area contributed by atoms with Gasteiger partial charge >= 0.3 is 0 Å². The van der Waals surface area contributed by atoms with E-state index in [-0.39, 0.29) is 5.91 Å². The lowest BCUT2D eigenvalue weighted by molar-refractivity contribution is -0.120. The van der Waals surface area contributed by atoms with Crippen molar-refractivity contribution in [3.05, 3.63) is 57.2 Å². The van der Waals surface area contributed by atoms with Crippen LogP contribution >= 0.6 is 22.7 Å². The van der Waals surface area contributed by atoms with Crippen molar-refractivity contribution in [3.63, 3.8) is 0 Å². The molecule has 0 atom stereocenters. The van der Waals surface area contributed by atoms with Gasteiger partial charge in [0.2, 0.25) is 5.91 Å². The molecular weight excluding hydrogens is 352 g/mol. The Morgan fingerprint density at radius 2 is 2.08 bits per heavy atom. The monoisotopic (exact) mass is 372 g/mol. The molecule has 1 N–H and O–H groups in total. The lowest BCUT2D eigenvalue weighted by atomic mass is 10.1. The minimum absolute atomic E-state index is 0.0106. The number of ether oxygens (including phenoxy) is 1. The summed E-state index contributed by atoms with van der Waals surface area (Å²) in [5.41, 5.74) is 1.94. The number of thiazole rings is 1. The van der Waals surface area contributed by atoms with Crippen LogP contribution in [0.25, 0.3) is 10.6 Å². The third-order valence-electron chi connectivity index (χ3n) is 3.77. The van der Waals surface area contributed by atoms with E-state index in [1.165, 1.54) is 9.75 Å². The van der Waals surface area contributed by atoms with Gasteiger partial charge in [0.15, 0.2) is 0 Å². The van der Waals surface area contributed by atoms with Crippen molar-refractivity contribution in [3.8, 4) is 16.3 Å². The molecule has 0 bridgehead atoms. The first-order chi connectivity index (χ1) is 12.2. The molecule has 0 aliphatic carbocycles. The first-order valence-electron chi connectivity index (χ1n) is 8.05. The van der Waals surface area contributed by atoms with E-state index in [0.717, 1.165) is 28.4 Å². The predicted molar refractivity (Wildman–Crippen MR) is 104 cm³/mol. The summed E-state index contributed by atoms with van der Waals surface area (Å²) < 4.78 is 5.28. The number of aryl methyl sites for hydroxylation is 1. The highest BCUT2D eigenvalue weighted by Gasteiger charge is 2.09. The highest BCUT2D eigenvalue weighted by Crippen LogP contribution is 2.29. The van der Waals surface area contributed by atoms with Crippen molar-refractivity contribution in [2.75, 3.05) is 13.7 Å². The zero-order valence-corrected chi connectivity index (χ0v) is 15.9. The molecule has 0 saturated heterocycles. The van der Waals surface area contributed by atoms with E-state index in [2.05, 4.69) is 27.8 Å². The largest absolute Gasteiger partial charge is 0.496 e. The molecule has 130 valence electrons. The molecule has 0 radical (unpaired) electrons. The van der Waals surface area contributed by atoms with Gasteiger partial charge in [-0.05, 0) is 31.5 Å². The van der Waals surface area contributed by atoms with E-state index in [1.54, 1.807) is 29.8 Å². The minimum Gasteiger partial charge on any atom is -0.496 e. The van der Waals surface area contributed by atoms with Gasteiger partial charge in [-0.1, -0.05) is 18.2 Å². The number of hydrogen-bond donors (Lipinski definition) is 1. The van der Waals surface area contributed by atoms with Crippen LogP contribution in [-0.2, 0) is 17.6 Å². The van der Waals surface area contributed by atoms with Gasteiger partial charge in [-0.3, -0.25) is 4.79 Å². The maximum atomic E-state index is 12.1. The zero-order valence-electron chi connectivity index (χ0n) is 14.2. The number of methoxy groups -OCH3 is 1. The van der Waals surface area contributed by atoms with Gasteiger partial charge in [-0.2, -0.15) is 0 Å². The maximum Gasteiger partial charge on any atom is 0.224 e. The van der Waals surface area contributed by atoms with Gasteiger partial charge in [0.1, 0.15) is 5.75 Å². The van der Waals surface area contributed by atoms with Gasteiger partial charge in [0.05, 0.1) is 29.1 Å². The molecule has 2 heterocycles. The number of benzene rings is 1. The fourth-order valence-corrected chi connectivity index (χ4v) is 4.19. The lowest BCUT2D eigenvalue weighted by Gasteiger charge is -2.08. The number of aromatic nitrogens is 1. The van der Waals surface area contributed by atoms with Crippen LogP contribution in [0.2, 0.25) is 0 Å². The Hall–Kier alpha value is -2.18. The van der Waals surface area contributed by atoms with Crippen molar-refractivity contribution < 1.29 is 9.53 Å². The zero-order chi connectivity index (χ0) is 17.6. The molecule has 0 aliphatic heterocycles.